The van der Waals surface area contributed by atoms with Crippen LogP contribution in [0.15, 0.2) is 18.2 Å². The van der Waals surface area contributed by atoms with Crippen LogP contribution in [-0.2, 0) is 0 Å². The van der Waals surface area contributed by atoms with Gasteiger partial charge in [0.2, 0.25) is 0 Å². The molecule has 1 aliphatic rings. The summed E-state index contributed by atoms with van der Waals surface area (Å²) < 4.78 is 0. The fourth-order valence-corrected chi connectivity index (χ4v) is 2.78. The lowest BCUT2D eigenvalue weighted by molar-refractivity contribution is 0.0707. The minimum absolute atomic E-state index is 0.0728. The molecule has 0 spiro atoms. The zero-order chi connectivity index (χ0) is 14.5. The van der Waals surface area contributed by atoms with Gasteiger partial charge in [-0.05, 0) is 37.6 Å². The van der Waals surface area contributed by atoms with Crippen molar-refractivity contribution in [2.45, 2.75) is 18.9 Å². The lowest BCUT2D eigenvalue weighted by Gasteiger charge is -2.25. The van der Waals surface area contributed by atoms with Gasteiger partial charge in [-0.15, -0.1) is 0 Å². The van der Waals surface area contributed by atoms with E-state index in [4.69, 9.17) is 28.3 Å². The van der Waals surface area contributed by atoms with E-state index in [9.17, 15) is 4.79 Å². The van der Waals surface area contributed by atoms with Crippen molar-refractivity contribution in [1.29, 1.82) is 0 Å². The molecule has 0 saturated carbocycles. The van der Waals surface area contributed by atoms with Crippen LogP contribution < -0.4 is 5.32 Å². The molecule has 1 heterocycles. The standard InChI is InChI=1S/C14H18Cl2N2O2/c15-10-3-4-13(16)12(8-10)14(20)18(6-7-19)9-11-2-1-5-17-11/h3-4,8,11,17,19H,1-2,5-7,9H2. The van der Waals surface area contributed by atoms with Crippen molar-refractivity contribution in [1.82, 2.24) is 10.2 Å². The molecule has 2 rings (SSSR count). The number of nitrogens with zero attached hydrogens (tertiary/aromatic N) is 1. The molecule has 1 atom stereocenters. The van der Waals surface area contributed by atoms with Gasteiger partial charge in [-0.3, -0.25) is 4.79 Å². The summed E-state index contributed by atoms with van der Waals surface area (Å²) in [5.41, 5.74) is 0.380. The van der Waals surface area contributed by atoms with E-state index in [0.29, 0.717) is 28.7 Å². The second kappa shape index (κ2) is 7.27. The fourth-order valence-electron chi connectivity index (χ4n) is 2.41. The Kier molecular flexibility index (Phi) is 5.66. The molecule has 1 unspecified atom stereocenters. The molecule has 1 fully saturated rings. The van der Waals surface area contributed by atoms with Crippen molar-refractivity contribution in [2.24, 2.45) is 0 Å². The number of carbonyl (C=O) groups is 1. The van der Waals surface area contributed by atoms with Gasteiger partial charge < -0.3 is 15.3 Å². The third-order valence-electron chi connectivity index (χ3n) is 3.42. The van der Waals surface area contributed by atoms with Gasteiger partial charge in [0.05, 0.1) is 17.2 Å². The third kappa shape index (κ3) is 3.85. The lowest BCUT2D eigenvalue weighted by Crippen LogP contribution is -2.42. The van der Waals surface area contributed by atoms with Crippen LogP contribution >= 0.6 is 23.2 Å². The number of rotatable bonds is 5. The molecule has 1 aliphatic heterocycles. The van der Waals surface area contributed by atoms with Crippen LogP contribution in [0.1, 0.15) is 23.2 Å². The maximum absolute atomic E-state index is 12.5. The molecule has 2 N–H and O–H groups in total. The highest BCUT2D eigenvalue weighted by molar-refractivity contribution is 6.35. The van der Waals surface area contributed by atoms with Crippen molar-refractivity contribution in [3.63, 3.8) is 0 Å². The third-order valence-corrected chi connectivity index (χ3v) is 3.98. The summed E-state index contributed by atoms with van der Waals surface area (Å²) >= 11 is 12.0. The summed E-state index contributed by atoms with van der Waals surface area (Å²) in [6, 6.07) is 5.11. The van der Waals surface area contributed by atoms with Crippen LogP contribution in [0.5, 0.6) is 0 Å². The predicted molar refractivity (Wildman–Crippen MR) is 80.5 cm³/mol. The fraction of sp³-hybridized carbons (Fsp3) is 0.500. The van der Waals surface area contributed by atoms with Gasteiger partial charge in [0.1, 0.15) is 0 Å². The van der Waals surface area contributed by atoms with E-state index in [0.717, 1.165) is 19.4 Å². The van der Waals surface area contributed by atoms with Crippen LogP contribution in [0.25, 0.3) is 0 Å². The highest BCUT2D eigenvalue weighted by atomic mass is 35.5. The summed E-state index contributed by atoms with van der Waals surface area (Å²) in [6.45, 7) is 1.77. The van der Waals surface area contributed by atoms with Crippen molar-refractivity contribution >= 4 is 29.1 Å². The van der Waals surface area contributed by atoms with Gasteiger partial charge in [-0.25, -0.2) is 0 Å². The first kappa shape index (κ1) is 15.6. The molecular formula is C14H18Cl2N2O2. The average molecular weight is 317 g/mol. The van der Waals surface area contributed by atoms with E-state index in [1.807, 2.05) is 0 Å². The number of hydrogen-bond acceptors (Lipinski definition) is 3. The van der Waals surface area contributed by atoms with Gasteiger partial charge in [-0.1, -0.05) is 23.2 Å². The summed E-state index contributed by atoms with van der Waals surface area (Å²) in [4.78, 5) is 14.2. The molecule has 6 heteroatoms. The number of aliphatic hydroxyl groups is 1. The van der Waals surface area contributed by atoms with Gasteiger partial charge in [0, 0.05) is 24.2 Å². The molecule has 0 bridgehead atoms. The van der Waals surface area contributed by atoms with E-state index in [1.54, 1.807) is 23.1 Å². The first-order chi connectivity index (χ1) is 9.61. The van der Waals surface area contributed by atoms with Gasteiger partial charge in [0.15, 0.2) is 0 Å². The Morgan fingerprint density at radius 3 is 2.90 bits per heavy atom. The molecule has 0 aromatic heterocycles. The van der Waals surface area contributed by atoms with E-state index < -0.39 is 0 Å². The number of nitrogens with one attached hydrogen (secondary N) is 1. The van der Waals surface area contributed by atoms with Gasteiger partial charge >= 0.3 is 0 Å². The lowest BCUT2D eigenvalue weighted by atomic mass is 10.1. The van der Waals surface area contributed by atoms with Crippen molar-refractivity contribution in [3.05, 3.63) is 33.8 Å². The normalized spacial score (nSPS) is 18.2. The van der Waals surface area contributed by atoms with E-state index in [1.165, 1.54) is 0 Å². The largest absolute Gasteiger partial charge is 0.395 e. The van der Waals surface area contributed by atoms with E-state index in [-0.39, 0.29) is 18.6 Å². The van der Waals surface area contributed by atoms with Gasteiger partial charge in [0.25, 0.3) is 5.91 Å². The zero-order valence-corrected chi connectivity index (χ0v) is 12.6. The van der Waals surface area contributed by atoms with Gasteiger partial charge in [-0.2, -0.15) is 0 Å². The van der Waals surface area contributed by atoms with Crippen molar-refractivity contribution in [3.8, 4) is 0 Å². The molecule has 4 nitrogen and oxygen atoms in total. The summed E-state index contributed by atoms with van der Waals surface area (Å²) in [5, 5.41) is 13.3. The number of benzene rings is 1. The monoisotopic (exact) mass is 316 g/mol. The minimum Gasteiger partial charge on any atom is -0.395 e. The number of aliphatic hydroxyl groups excluding tert-OH is 1. The summed E-state index contributed by atoms with van der Waals surface area (Å²) in [6.07, 6.45) is 2.15. The first-order valence-corrected chi connectivity index (χ1v) is 7.46. The van der Waals surface area contributed by atoms with Crippen molar-refractivity contribution in [2.75, 3.05) is 26.2 Å². The zero-order valence-electron chi connectivity index (χ0n) is 11.1. The predicted octanol–water partition coefficient (Wildman–Crippen LogP) is 2.18. The Hall–Kier alpha value is -0.810. The summed E-state index contributed by atoms with van der Waals surface area (Å²) in [5.74, 6) is -0.194. The van der Waals surface area contributed by atoms with Crippen LogP contribution in [-0.4, -0.2) is 48.2 Å². The second-order valence-corrected chi connectivity index (χ2v) is 5.74. The number of carbonyl (C=O) groups excluding carboxylic acids is 1. The minimum atomic E-state index is -0.194. The molecule has 0 radical (unpaired) electrons. The maximum Gasteiger partial charge on any atom is 0.255 e. The molecular weight excluding hydrogens is 299 g/mol. The SMILES string of the molecule is O=C(c1cc(Cl)ccc1Cl)N(CCO)CC1CCCN1. The molecule has 110 valence electrons. The Labute approximate surface area is 128 Å². The Balaban J connectivity index is 2.14. The highest BCUT2D eigenvalue weighted by Gasteiger charge is 2.23. The van der Waals surface area contributed by atoms with Crippen LogP contribution in [0.4, 0.5) is 0 Å². The Morgan fingerprint density at radius 2 is 2.25 bits per heavy atom. The quantitative estimate of drug-likeness (QED) is 0.875. The molecule has 1 aromatic rings. The molecule has 0 aliphatic carbocycles. The first-order valence-electron chi connectivity index (χ1n) is 6.70. The highest BCUT2D eigenvalue weighted by Crippen LogP contribution is 2.22. The smallest absolute Gasteiger partial charge is 0.255 e. The second-order valence-electron chi connectivity index (χ2n) is 4.89. The molecule has 20 heavy (non-hydrogen) atoms. The van der Waals surface area contributed by atoms with Crippen LogP contribution in [0.2, 0.25) is 10.0 Å². The summed E-state index contributed by atoms with van der Waals surface area (Å²) in [7, 11) is 0. The van der Waals surface area contributed by atoms with Crippen LogP contribution in [0.3, 0.4) is 0 Å². The Morgan fingerprint density at radius 1 is 1.45 bits per heavy atom. The van der Waals surface area contributed by atoms with E-state index >= 15 is 0 Å². The van der Waals surface area contributed by atoms with E-state index in [2.05, 4.69) is 5.32 Å². The Bertz CT molecular complexity index is 476. The number of hydrogen-bond donors (Lipinski definition) is 2. The average Bonchev–Trinajstić information content (AvgIpc) is 2.93. The topological polar surface area (TPSA) is 52.6 Å². The number of halogens is 2. The molecule has 1 amide bonds. The number of amides is 1. The maximum atomic E-state index is 12.5. The van der Waals surface area contributed by atoms with Crippen LogP contribution in [0, 0.1) is 0 Å². The molecule has 1 saturated heterocycles. The van der Waals surface area contributed by atoms with Crippen molar-refractivity contribution < 1.29 is 9.90 Å². The molecule has 1 aromatic carbocycles.